The van der Waals surface area contributed by atoms with Gasteiger partial charge in [-0.1, -0.05) is 6.58 Å². The zero-order valence-electron chi connectivity index (χ0n) is 22.1. The normalized spacial score (nSPS) is 20.1. The Kier molecular flexibility index (Phi) is 5.87. The van der Waals surface area contributed by atoms with E-state index in [1.165, 1.54) is 12.4 Å². The van der Waals surface area contributed by atoms with E-state index in [2.05, 4.69) is 38.0 Å². The number of nitrogens with zero attached hydrogens (tertiary/aromatic N) is 7. The van der Waals surface area contributed by atoms with Gasteiger partial charge in [0.2, 0.25) is 5.91 Å². The topological polar surface area (TPSA) is 110 Å². The summed E-state index contributed by atoms with van der Waals surface area (Å²) in [6.07, 6.45) is 8.51. The maximum Gasteiger partial charge on any atom is 0.245 e. The van der Waals surface area contributed by atoms with Crippen molar-refractivity contribution in [2.45, 2.75) is 25.7 Å². The van der Waals surface area contributed by atoms with Crippen molar-refractivity contribution in [1.82, 2.24) is 34.4 Å². The van der Waals surface area contributed by atoms with Crippen LogP contribution in [0.4, 0.5) is 11.5 Å². The van der Waals surface area contributed by atoms with Crippen LogP contribution < -0.4 is 10.1 Å². The van der Waals surface area contributed by atoms with E-state index >= 15 is 0 Å². The zero-order valence-corrected chi connectivity index (χ0v) is 22.1. The SMILES string of the molecule is C=CC(=O)N1CC2CC[C@@H](C1)C2c1ccc2ncnc(Nc3ccc(Oc4ccn5ncnc5c4)c(C)c3)c2n1. The molecule has 10 heteroatoms. The molecule has 0 radical (unpaired) electrons. The van der Waals surface area contributed by atoms with Crippen LogP contribution in [0.2, 0.25) is 0 Å². The van der Waals surface area contributed by atoms with Gasteiger partial charge in [-0.05, 0) is 79.6 Å². The molecular weight excluding hydrogens is 504 g/mol. The fourth-order valence-electron chi connectivity index (χ4n) is 6.21. The molecule has 7 rings (SSSR count). The quantitative estimate of drug-likeness (QED) is 0.303. The monoisotopic (exact) mass is 532 g/mol. The summed E-state index contributed by atoms with van der Waals surface area (Å²) in [5.74, 6) is 3.23. The summed E-state index contributed by atoms with van der Waals surface area (Å²) in [6.45, 7) is 7.17. The Morgan fingerprint density at radius 3 is 2.70 bits per heavy atom. The third-order valence-corrected chi connectivity index (χ3v) is 8.08. The van der Waals surface area contributed by atoms with E-state index < -0.39 is 0 Å². The first kappa shape index (κ1) is 24.2. The molecule has 0 spiro atoms. The zero-order chi connectivity index (χ0) is 27.2. The Labute approximate surface area is 230 Å². The summed E-state index contributed by atoms with van der Waals surface area (Å²) >= 11 is 0. The smallest absolute Gasteiger partial charge is 0.245 e. The summed E-state index contributed by atoms with van der Waals surface area (Å²) in [6, 6.07) is 13.7. The van der Waals surface area contributed by atoms with Crippen molar-refractivity contribution in [3.05, 3.63) is 85.2 Å². The van der Waals surface area contributed by atoms with Gasteiger partial charge in [-0.25, -0.2) is 24.5 Å². The molecule has 200 valence electrons. The molecular formula is C30H28N8O2. The van der Waals surface area contributed by atoms with E-state index in [1.54, 1.807) is 10.8 Å². The summed E-state index contributed by atoms with van der Waals surface area (Å²) in [7, 11) is 0. The number of anilines is 2. The molecule has 2 fully saturated rings. The van der Waals surface area contributed by atoms with Crippen molar-refractivity contribution in [3.8, 4) is 11.5 Å². The van der Waals surface area contributed by atoms with E-state index in [0.717, 1.165) is 65.3 Å². The molecule has 2 unspecified atom stereocenters. The lowest BCUT2D eigenvalue weighted by Crippen LogP contribution is -2.43. The van der Waals surface area contributed by atoms with Crippen LogP contribution in [0.3, 0.4) is 0 Å². The number of amides is 1. The number of pyridine rings is 2. The summed E-state index contributed by atoms with van der Waals surface area (Å²) in [5, 5.41) is 7.56. The van der Waals surface area contributed by atoms with Gasteiger partial charge in [0.1, 0.15) is 29.7 Å². The van der Waals surface area contributed by atoms with Gasteiger partial charge in [0.05, 0.1) is 5.52 Å². The molecule has 40 heavy (non-hydrogen) atoms. The Bertz CT molecular complexity index is 1750. The van der Waals surface area contributed by atoms with Gasteiger partial charge in [-0.3, -0.25) is 4.79 Å². The van der Waals surface area contributed by atoms with Crippen LogP contribution in [-0.4, -0.2) is 53.4 Å². The van der Waals surface area contributed by atoms with E-state index in [9.17, 15) is 4.79 Å². The largest absolute Gasteiger partial charge is 0.457 e. The summed E-state index contributed by atoms with van der Waals surface area (Å²) in [5.41, 5.74) is 5.14. The Morgan fingerprint density at radius 1 is 1.05 bits per heavy atom. The lowest BCUT2D eigenvalue weighted by atomic mass is 9.82. The molecule has 1 N–H and O–H groups in total. The lowest BCUT2D eigenvalue weighted by molar-refractivity contribution is -0.128. The van der Waals surface area contributed by atoms with Crippen LogP contribution in [0.25, 0.3) is 16.7 Å². The van der Waals surface area contributed by atoms with Crippen molar-refractivity contribution in [2.24, 2.45) is 11.8 Å². The van der Waals surface area contributed by atoms with Gasteiger partial charge in [0.25, 0.3) is 0 Å². The molecule has 1 amide bonds. The van der Waals surface area contributed by atoms with Crippen LogP contribution in [0.5, 0.6) is 11.5 Å². The van der Waals surface area contributed by atoms with Gasteiger partial charge in [-0.2, -0.15) is 5.10 Å². The number of hydrogen-bond acceptors (Lipinski definition) is 8. The molecule has 1 aliphatic heterocycles. The maximum atomic E-state index is 12.2. The van der Waals surface area contributed by atoms with Crippen molar-refractivity contribution in [3.63, 3.8) is 0 Å². The highest BCUT2D eigenvalue weighted by Crippen LogP contribution is 2.47. The van der Waals surface area contributed by atoms with Crippen LogP contribution in [0, 0.1) is 18.8 Å². The molecule has 1 aliphatic carbocycles. The number of aryl methyl sites for hydroxylation is 1. The van der Waals surface area contributed by atoms with Gasteiger partial charge < -0.3 is 15.0 Å². The molecule has 1 aromatic carbocycles. The highest BCUT2D eigenvalue weighted by atomic mass is 16.5. The first-order chi connectivity index (χ1) is 19.6. The molecule has 3 atom stereocenters. The molecule has 2 bridgehead atoms. The predicted octanol–water partition coefficient (Wildman–Crippen LogP) is 5.05. The number of aromatic nitrogens is 6. The highest BCUT2D eigenvalue weighted by Gasteiger charge is 2.44. The van der Waals surface area contributed by atoms with Crippen LogP contribution in [0.15, 0.2) is 74.0 Å². The van der Waals surface area contributed by atoms with Gasteiger partial charge >= 0.3 is 0 Å². The van der Waals surface area contributed by atoms with E-state index in [-0.39, 0.29) is 5.91 Å². The van der Waals surface area contributed by atoms with Crippen molar-refractivity contribution >= 4 is 34.1 Å². The fourth-order valence-corrected chi connectivity index (χ4v) is 6.21. The minimum absolute atomic E-state index is 0.0183. The Balaban J connectivity index is 1.13. The van der Waals surface area contributed by atoms with Crippen LogP contribution in [-0.2, 0) is 4.79 Å². The molecule has 1 saturated carbocycles. The summed E-state index contributed by atoms with van der Waals surface area (Å²) < 4.78 is 7.81. The number of rotatable bonds is 6. The second kappa shape index (κ2) is 9.71. The fraction of sp³-hybridized carbons (Fsp3) is 0.267. The molecule has 5 heterocycles. The number of hydrogen-bond donors (Lipinski definition) is 1. The van der Waals surface area contributed by atoms with Crippen molar-refractivity contribution in [1.29, 1.82) is 0 Å². The lowest BCUT2D eigenvalue weighted by Gasteiger charge is -2.37. The number of ether oxygens (including phenoxy) is 1. The number of carbonyl (C=O) groups is 1. The number of nitrogens with one attached hydrogen (secondary N) is 1. The van der Waals surface area contributed by atoms with Gasteiger partial charge in [0, 0.05) is 42.7 Å². The average Bonchev–Trinajstić information content (AvgIpc) is 3.54. The first-order valence-corrected chi connectivity index (χ1v) is 13.4. The third-order valence-electron chi connectivity index (χ3n) is 8.08. The Hall–Kier alpha value is -4.86. The first-order valence-electron chi connectivity index (χ1n) is 13.4. The van der Waals surface area contributed by atoms with E-state index in [1.807, 2.05) is 54.4 Å². The van der Waals surface area contributed by atoms with Crippen molar-refractivity contribution in [2.75, 3.05) is 18.4 Å². The second-order valence-corrected chi connectivity index (χ2v) is 10.5. The van der Waals surface area contributed by atoms with Gasteiger partial charge in [-0.15, -0.1) is 0 Å². The number of likely N-dealkylation sites (tertiary alicyclic amines) is 1. The van der Waals surface area contributed by atoms with Crippen LogP contribution >= 0.6 is 0 Å². The molecule has 1 saturated heterocycles. The number of fused-ring (bicyclic) bond motifs is 4. The van der Waals surface area contributed by atoms with E-state index in [0.29, 0.717) is 29.3 Å². The second-order valence-electron chi connectivity index (χ2n) is 10.5. The van der Waals surface area contributed by atoms with Crippen LogP contribution in [0.1, 0.15) is 30.0 Å². The minimum atomic E-state index is 0.0183. The minimum Gasteiger partial charge on any atom is -0.457 e. The molecule has 4 aromatic heterocycles. The average molecular weight is 533 g/mol. The van der Waals surface area contributed by atoms with E-state index in [4.69, 9.17) is 9.72 Å². The molecule has 10 nitrogen and oxygen atoms in total. The standard InChI is InChI=1S/C30H28N8O2/c1-3-27(39)37-14-19-4-5-20(15-37)28(19)23-7-8-24-29(36-23)30(33-16-31-24)35-21-6-9-25(18(2)12-21)40-22-10-11-38-26(13-22)32-17-34-38/h3,6-13,16-17,19-20,28H,1,4-5,14-15H2,2H3,(H,31,33,35)/t19-,20?,28?/m0/s1. The third kappa shape index (κ3) is 4.31. The predicted molar refractivity (Wildman–Crippen MR) is 151 cm³/mol. The van der Waals surface area contributed by atoms with Gasteiger partial charge in [0.15, 0.2) is 11.5 Å². The Morgan fingerprint density at radius 2 is 1.90 bits per heavy atom. The number of carbonyl (C=O) groups excluding carboxylic acids is 1. The molecule has 5 aromatic rings. The summed E-state index contributed by atoms with van der Waals surface area (Å²) in [4.78, 5) is 32.5. The highest BCUT2D eigenvalue weighted by molar-refractivity contribution is 5.88. The maximum absolute atomic E-state index is 12.2. The number of piperidine rings is 1. The van der Waals surface area contributed by atoms with Crippen molar-refractivity contribution < 1.29 is 9.53 Å². The number of benzene rings is 1. The molecule has 2 aliphatic rings.